The normalized spacial score (nSPS) is 13.6. The smallest absolute Gasteiger partial charge is 0.362 e. The van der Waals surface area contributed by atoms with Crippen LogP contribution >= 0.6 is 0 Å². The Labute approximate surface area is 119 Å². The highest BCUT2D eigenvalue weighted by molar-refractivity contribution is 6.81. The van der Waals surface area contributed by atoms with Crippen molar-refractivity contribution >= 4 is 17.8 Å². The molecule has 102 valence electrons. The SMILES string of the molecule is CCCCc1ccc(B2OCc3cc(F)ccc32)cc1. The van der Waals surface area contributed by atoms with Crippen molar-refractivity contribution in [3.8, 4) is 0 Å². The van der Waals surface area contributed by atoms with Gasteiger partial charge in [0.05, 0.1) is 6.61 Å². The molecule has 1 nitrogen and oxygen atoms in total. The topological polar surface area (TPSA) is 9.23 Å². The largest absolute Gasteiger partial charge is 0.423 e. The van der Waals surface area contributed by atoms with E-state index in [1.54, 1.807) is 6.07 Å². The molecule has 0 spiro atoms. The minimum atomic E-state index is -0.192. The van der Waals surface area contributed by atoms with Crippen LogP contribution in [0, 0.1) is 5.82 Å². The predicted molar refractivity (Wildman–Crippen MR) is 81.3 cm³/mol. The molecule has 2 aromatic carbocycles. The zero-order valence-corrected chi connectivity index (χ0v) is 11.7. The first kappa shape index (κ1) is 13.4. The van der Waals surface area contributed by atoms with E-state index < -0.39 is 0 Å². The molecule has 0 saturated carbocycles. The van der Waals surface area contributed by atoms with Gasteiger partial charge in [0.25, 0.3) is 0 Å². The van der Waals surface area contributed by atoms with Crippen LogP contribution in [0.25, 0.3) is 0 Å². The molecule has 3 rings (SSSR count). The van der Waals surface area contributed by atoms with Crippen molar-refractivity contribution in [3.05, 3.63) is 59.4 Å². The molecule has 0 unspecified atom stereocenters. The van der Waals surface area contributed by atoms with Crippen molar-refractivity contribution < 1.29 is 9.04 Å². The van der Waals surface area contributed by atoms with Crippen LogP contribution in [-0.2, 0) is 17.7 Å². The molecule has 3 heteroatoms. The molecule has 0 N–H and O–H groups in total. The van der Waals surface area contributed by atoms with Crippen LogP contribution in [0.2, 0.25) is 0 Å². The molecule has 20 heavy (non-hydrogen) atoms. The summed E-state index contributed by atoms with van der Waals surface area (Å²) in [6.07, 6.45) is 3.57. The highest BCUT2D eigenvalue weighted by atomic mass is 19.1. The number of hydrogen-bond acceptors (Lipinski definition) is 1. The van der Waals surface area contributed by atoms with Gasteiger partial charge in [-0.25, -0.2) is 4.39 Å². The van der Waals surface area contributed by atoms with Crippen molar-refractivity contribution in [2.45, 2.75) is 32.8 Å². The van der Waals surface area contributed by atoms with Gasteiger partial charge in [-0.1, -0.05) is 43.7 Å². The summed E-state index contributed by atoms with van der Waals surface area (Å²) >= 11 is 0. The quantitative estimate of drug-likeness (QED) is 0.775. The third kappa shape index (κ3) is 2.64. The molecule has 0 fully saturated rings. The van der Waals surface area contributed by atoms with Gasteiger partial charge in [0, 0.05) is 0 Å². The summed E-state index contributed by atoms with van der Waals surface area (Å²) in [5.41, 5.74) is 4.57. The second-order valence-electron chi connectivity index (χ2n) is 5.38. The monoisotopic (exact) mass is 268 g/mol. The Morgan fingerprint density at radius 1 is 1.15 bits per heavy atom. The number of hydrogen-bond donors (Lipinski definition) is 0. The zero-order chi connectivity index (χ0) is 13.9. The average Bonchev–Trinajstić information content (AvgIpc) is 2.88. The Balaban J connectivity index is 1.81. The lowest BCUT2D eigenvalue weighted by Gasteiger charge is -2.08. The Bertz CT molecular complexity index is 594. The summed E-state index contributed by atoms with van der Waals surface area (Å²) in [5, 5.41) is 0. The van der Waals surface area contributed by atoms with Crippen LogP contribution in [0.5, 0.6) is 0 Å². The van der Waals surface area contributed by atoms with Crippen LogP contribution in [-0.4, -0.2) is 6.92 Å². The Morgan fingerprint density at radius 2 is 1.95 bits per heavy atom. The minimum absolute atomic E-state index is 0.0502. The maximum Gasteiger partial charge on any atom is 0.362 e. The number of fused-ring (bicyclic) bond motifs is 1. The molecule has 1 aliphatic heterocycles. The standard InChI is InChI=1S/C17H18BFO/c1-2-3-4-13-5-7-15(8-6-13)18-17-10-9-16(19)11-14(17)12-20-18/h5-11H,2-4,12H2,1H3. The average molecular weight is 268 g/mol. The molecule has 0 atom stereocenters. The van der Waals surface area contributed by atoms with Gasteiger partial charge in [0.15, 0.2) is 0 Å². The summed E-state index contributed by atoms with van der Waals surface area (Å²) in [7, 11) is 0. The zero-order valence-electron chi connectivity index (χ0n) is 11.7. The summed E-state index contributed by atoms with van der Waals surface area (Å²) in [4.78, 5) is 0. The van der Waals surface area contributed by atoms with Gasteiger partial charge in [-0.05, 0) is 47.0 Å². The molecule has 2 aromatic rings. The number of halogens is 1. The summed E-state index contributed by atoms with van der Waals surface area (Å²) in [5.74, 6) is -0.192. The Hall–Kier alpha value is -1.61. The van der Waals surface area contributed by atoms with Crippen molar-refractivity contribution in [1.29, 1.82) is 0 Å². The third-order valence-corrected chi connectivity index (χ3v) is 3.89. The van der Waals surface area contributed by atoms with E-state index in [9.17, 15) is 4.39 Å². The lowest BCUT2D eigenvalue weighted by atomic mass is 9.56. The van der Waals surface area contributed by atoms with Gasteiger partial charge in [0.1, 0.15) is 5.82 Å². The molecule has 0 aromatic heterocycles. The van der Waals surface area contributed by atoms with Crippen LogP contribution in [0.15, 0.2) is 42.5 Å². The number of benzene rings is 2. The van der Waals surface area contributed by atoms with E-state index >= 15 is 0 Å². The Morgan fingerprint density at radius 3 is 2.70 bits per heavy atom. The second-order valence-corrected chi connectivity index (χ2v) is 5.38. The van der Waals surface area contributed by atoms with E-state index in [-0.39, 0.29) is 12.7 Å². The van der Waals surface area contributed by atoms with E-state index in [2.05, 4.69) is 31.2 Å². The molecule has 0 radical (unpaired) electrons. The second kappa shape index (κ2) is 5.80. The first-order chi connectivity index (χ1) is 9.78. The highest BCUT2D eigenvalue weighted by Crippen LogP contribution is 2.13. The summed E-state index contributed by atoms with van der Waals surface area (Å²) in [6.45, 7) is 2.65. The van der Waals surface area contributed by atoms with E-state index in [1.807, 2.05) is 6.07 Å². The summed E-state index contributed by atoms with van der Waals surface area (Å²) in [6, 6.07) is 13.5. The molecule has 0 saturated heterocycles. The molecule has 0 aliphatic carbocycles. The van der Waals surface area contributed by atoms with E-state index in [4.69, 9.17) is 4.65 Å². The lowest BCUT2D eigenvalue weighted by Crippen LogP contribution is -2.41. The third-order valence-electron chi connectivity index (χ3n) is 3.89. The molecule has 0 bridgehead atoms. The van der Waals surface area contributed by atoms with Crippen molar-refractivity contribution in [2.75, 3.05) is 0 Å². The van der Waals surface area contributed by atoms with Crippen molar-refractivity contribution in [2.24, 2.45) is 0 Å². The van der Waals surface area contributed by atoms with Crippen molar-refractivity contribution in [3.63, 3.8) is 0 Å². The Kier molecular flexibility index (Phi) is 3.88. The van der Waals surface area contributed by atoms with Crippen LogP contribution in [0.1, 0.15) is 30.9 Å². The van der Waals surface area contributed by atoms with Gasteiger partial charge in [-0.3, -0.25) is 0 Å². The molecule has 1 heterocycles. The minimum Gasteiger partial charge on any atom is -0.423 e. The fraction of sp³-hybridized carbons (Fsp3) is 0.294. The first-order valence-electron chi connectivity index (χ1n) is 7.26. The van der Waals surface area contributed by atoms with Crippen LogP contribution in [0.4, 0.5) is 4.39 Å². The highest BCUT2D eigenvalue weighted by Gasteiger charge is 2.29. The van der Waals surface area contributed by atoms with E-state index in [0.717, 1.165) is 22.9 Å². The number of rotatable bonds is 4. The maximum absolute atomic E-state index is 13.2. The van der Waals surface area contributed by atoms with Gasteiger partial charge in [-0.2, -0.15) is 0 Å². The molecule has 0 amide bonds. The predicted octanol–water partition coefficient (Wildman–Crippen LogP) is 2.80. The van der Waals surface area contributed by atoms with E-state index in [0.29, 0.717) is 6.61 Å². The van der Waals surface area contributed by atoms with E-state index in [1.165, 1.54) is 24.5 Å². The first-order valence-corrected chi connectivity index (χ1v) is 7.26. The van der Waals surface area contributed by atoms with Crippen LogP contribution in [0.3, 0.4) is 0 Å². The number of unbranched alkanes of at least 4 members (excludes halogenated alkanes) is 1. The molecular formula is C17H18BFO. The van der Waals surface area contributed by atoms with Crippen LogP contribution < -0.4 is 10.9 Å². The van der Waals surface area contributed by atoms with Gasteiger partial charge < -0.3 is 4.65 Å². The van der Waals surface area contributed by atoms with Gasteiger partial charge in [-0.15, -0.1) is 0 Å². The maximum atomic E-state index is 13.2. The van der Waals surface area contributed by atoms with Gasteiger partial charge in [0.2, 0.25) is 0 Å². The molecule has 1 aliphatic rings. The lowest BCUT2D eigenvalue weighted by molar-refractivity contribution is 0.336. The number of aryl methyl sites for hydroxylation is 1. The van der Waals surface area contributed by atoms with Crippen molar-refractivity contribution in [1.82, 2.24) is 0 Å². The van der Waals surface area contributed by atoms with Gasteiger partial charge >= 0.3 is 6.92 Å². The molecular weight excluding hydrogens is 250 g/mol. The fourth-order valence-corrected chi connectivity index (χ4v) is 2.73. The summed E-state index contributed by atoms with van der Waals surface area (Å²) < 4.78 is 19.0. The fourth-order valence-electron chi connectivity index (χ4n) is 2.73.